The van der Waals surface area contributed by atoms with Crippen LogP contribution in [-0.2, 0) is 14.8 Å². The third-order valence-corrected chi connectivity index (χ3v) is 3.16. The van der Waals surface area contributed by atoms with Crippen molar-refractivity contribution in [2.45, 2.75) is 18.2 Å². The molecule has 0 saturated carbocycles. The highest BCUT2D eigenvalue weighted by molar-refractivity contribution is 7.89. The van der Waals surface area contributed by atoms with Gasteiger partial charge >= 0.3 is 0 Å². The first-order chi connectivity index (χ1) is 7.99. The molecule has 0 heterocycles. The Kier molecular flexibility index (Phi) is 4.20. The molecule has 17 heavy (non-hydrogen) atoms. The molecule has 0 saturated heterocycles. The lowest BCUT2D eigenvalue weighted by Gasteiger charge is -2.07. The summed E-state index contributed by atoms with van der Waals surface area (Å²) in [6.07, 6.45) is 0.167. The molecule has 0 aromatic heterocycles. The largest absolute Gasteiger partial charge is 0.278 e. The molecule has 0 radical (unpaired) electrons. The van der Waals surface area contributed by atoms with Crippen molar-refractivity contribution in [3.8, 4) is 6.07 Å². The number of nitriles is 1. The third-order valence-electron chi connectivity index (χ3n) is 1.92. The van der Waals surface area contributed by atoms with Crippen LogP contribution in [0.3, 0.4) is 0 Å². The summed E-state index contributed by atoms with van der Waals surface area (Å²) in [7, 11) is -3.83. The lowest BCUT2D eigenvalue weighted by molar-refractivity contribution is -0.121. The Labute approximate surface area is 99.3 Å². The van der Waals surface area contributed by atoms with E-state index in [1.807, 2.05) is 16.3 Å². The quantitative estimate of drug-likeness (QED) is 0.753. The fourth-order valence-corrected chi connectivity index (χ4v) is 1.91. The van der Waals surface area contributed by atoms with E-state index < -0.39 is 15.9 Å². The number of hydrazine groups is 1. The maximum atomic E-state index is 11.7. The zero-order chi connectivity index (χ0) is 12.9. The standard InChI is InChI=1S/C10H11N3O3S/c1-2-10(14)12-13-17(15,16)9-5-3-4-8(6-9)7-11/h3-6,13H,2H2,1H3,(H,12,14). The van der Waals surface area contributed by atoms with Gasteiger partial charge in [-0.05, 0) is 18.2 Å². The molecule has 0 fully saturated rings. The monoisotopic (exact) mass is 253 g/mol. The molecule has 0 atom stereocenters. The molecule has 0 aliphatic rings. The lowest BCUT2D eigenvalue weighted by atomic mass is 10.2. The highest BCUT2D eigenvalue weighted by atomic mass is 32.2. The van der Waals surface area contributed by atoms with Gasteiger partial charge < -0.3 is 0 Å². The zero-order valence-corrected chi connectivity index (χ0v) is 9.91. The summed E-state index contributed by atoms with van der Waals surface area (Å²) in [4.78, 5) is 12.8. The van der Waals surface area contributed by atoms with Crippen molar-refractivity contribution in [1.82, 2.24) is 10.3 Å². The Balaban J connectivity index is 2.90. The van der Waals surface area contributed by atoms with E-state index in [2.05, 4.69) is 0 Å². The molecule has 2 N–H and O–H groups in total. The fourth-order valence-electron chi connectivity index (χ4n) is 1.00. The average Bonchev–Trinajstić information content (AvgIpc) is 2.36. The van der Waals surface area contributed by atoms with E-state index in [0.717, 1.165) is 0 Å². The number of hydrogen-bond donors (Lipinski definition) is 2. The van der Waals surface area contributed by atoms with Crippen molar-refractivity contribution in [2.75, 3.05) is 0 Å². The number of carbonyl (C=O) groups excluding carboxylic acids is 1. The van der Waals surface area contributed by atoms with Gasteiger partial charge in [0.25, 0.3) is 10.0 Å². The molecule has 1 amide bonds. The molecule has 90 valence electrons. The predicted octanol–water partition coefficient (Wildman–Crippen LogP) is 0.278. The molecule has 1 rings (SSSR count). The van der Waals surface area contributed by atoms with Gasteiger partial charge in [0.05, 0.1) is 16.5 Å². The van der Waals surface area contributed by atoms with E-state index in [4.69, 9.17) is 5.26 Å². The average molecular weight is 253 g/mol. The van der Waals surface area contributed by atoms with Gasteiger partial charge in [-0.3, -0.25) is 10.2 Å². The van der Waals surface area contributed by atoms with Crippen LogP contribution in [0, 0.1) is 11.3 Å². The van der Waals surface area contributed by atoms with Crippen molar-refractivity contribution in [1.29, 1.82) is 5.26 Å². The minimum atomic E-state index is -3.83. The van der Waals surface area contributed by atoms with Gasteiger partial charge in [-0.15, -0.1) is 4.83 Å². The highest BCUT2D eigenvalue weighted by Gasteiger charge is 2.14. The summed E-state index contributed by atoms with van der Waals surface area (Å²) in [5.74, 6) is -0.440. The Morgan fingerprint density at radius 3 is 2.76 bits per heavy atom. The van der Waals surface area contributed by atoms with Crippen molar-refractivity contribution < 1.29 is 13.2 Å². The van der Waals surface area contributed by atoms with E-state index in [1.54, 1.807) is 6.92 Å². The molecular weight excluding hydrogens is 242 g/mol. The SMILES string of the molecule is CCC(=O)NNS(=O)(=O)c1cccc(C#N)c1. The van der Waals surface area contributed by atoms with Crippen molar-refractivity contribution >= 4 is 15.9 Å². The number of hydrogen-bond acceptors (Lipinski definition) is 4. The number of sulfonamides is 1. The van der Waals surface area contributed by atoms with Crippen LogP contribution in [0.5, 0.6) is 0 Å². The fraction of sp³-hybridized carbons (Fsp3) is 0.200. The normalized spacial score (nSPS) is 10.6. The van der Waals surface area contributed by atoms with Crippen molar-refractivity contribution in [2.24, 2.45) is 0 Å². The number of amides is 1. The van der Waals surface area contributed by atoms with Crippen LogP contribution < -0.4 is 10.3 Å². The van der Waals surface area contributed by atoms with Crippen LogP contribution in [-0.4, -0.2) is 14.3 Å². The first-order valence-corrected chi connectivity index (χ1v) is 6.28. The summed E-state index contributed by atoms with van der Waals surface area (Å²) in [6, 6.07) is 7.34. The summed E-state index contributed by atoms with van der Waals surface area (Å²) >= 11 is 0. The van der Waals surface area contributed by atoms with E-state index >= 15 is 0 Å². The Morgan fingerprint density at radius 1 is 1.47 bits per heavy atom. The smallest absolute Gasteiger partial charge is 0.257 e. The van der Waals surface area contributed by atoms with E-state index in [9.17, 15) is 13.2 Å². The maximum Gasteiger partial charge on any atom is 0.257 e. The number of benzene rings is 1. The molecule has 1 aromatic rings. The van der Waals surface area contributed by atoms with Crippen LogP contribution in [0.4, 0.5) is 0 Å². The number of nitrogens with one attached hydrogen (secondary N) is 2. The van der Waals surface area contributed by atoms with Crippen LogP contribution >= 0.6 is 0 Å². The summed E-state index contributed by atoms with van der Waals surface area (Å²) < 4.78 is 23.4. The van der Waals surface area contributed by atoms with Crippen LogP contribution in [0.1, 0.15) is 18.9 Å². The topological polar surface area (TPSA) is 99.1 Å². The molecule has 0 spiro atoms. The maximum absolute atomic E-state index is 11.7. The number of rotatable bonds is 4. The molecule has 1 aromatic carbocycles. The van der Waals surface area contributed by atoms with Gasteiger partial charge in [0.1, 0.15) is 0 Å². The minimum absolute atomic E-state index is 0.0760. The number of nitrogens with zero attached hydrogens (tertiary/aromatic N) is 1. The molecule has 0 aliphatic carbocycles. The van der Waals surface area contributed by atoms with Gasteiger partial charge in [-0.1, -0.05) is 13.0 Å². The predicted molar refractivity (Wildman–Crippen MR) is 59.9 cm³/mol. The Morgan fingerprint density at radius 2 is 2.18 bits per heavy atom. The lowest BCUT2D eigenvalue weighted by Crippen LogP contribution is -2.41. The van der Waals surface area contributed by atoms with Crippen LogP contribution in [0.25, 0.3) is 0 Å². The third kappa shape index (κ3) is 3.55. The van der Waals surface area contributed by atoms with E-state index in [1.165, 1.54) is 24.3 Å². The van der Waals surface area contributed by atoms with Gasteiger partial charge in [0.2, 0.25) is 5.91 Å². The van der Waals surface area contributed by atoms with Crippen LogP contribution in [0.2, 0.25) is 0 Å². The second-order valence-corrected chi connectivity index (χ2v) is 4.83. The molecule has 7 heteroatoms. The van der Waals surface area contributed by atoms with E-state index in [-0.39, 0.29) is 16.9 Å². The summed E-state index contributed by atoms with van der Waals surface area (Å²) in [5.41, 5.74) is 2.28. The molecule has 0 bridgehead atoms. The minimum Gasteiger partial charge on any atom is -0.278 e. The van der Waals surface area contributed by atoms with E-state index in [0.29, 0.717) is 0 Å². The summed E-state index contributed by atoms with van der Waals surface area (Å²) in [5, 5.41) is 8.65. The zero-order valence-electron chi connectivity index (χ0n) is 9.10. The second-order valence-electron chi connectivity index (χ2n) is 3.15. The first kappa shape index (κ1) is 13.2. The molecule has 0 aliphatic heterocycles. The van der Waals surface area contributed by atoms with Crippen molar-refractivity contribution in [3.63, 3.8) is 0 Å². The van der Waals surface area contributed by atoms with Crippen LogP contribution in [0.15, 0.2) is 29.2 Å². The molecular formula is C10H11N3O3S. The van der Waals surface area contributed by atoms with Crippen molar-refractivity contribution in [3.05, 3.63) is 29.8 Å². The Bertz CT molecular complexity index is 560. The molecule has 6 nitrogen and oxygen atoms in total. The molecule has 0 unspecified atom stereocenters. The summed E-state index contributed by atoms with van der Waals surface area (Å²) in [6.45, 7) is 1.60. The van der Waals surface area contributed by atoms with Gasteiger partial charge in [0.15, 0.2) is 0 Å². The van der Waals surface area contributed by atoms with Gasteiger partial charge in [0, 0.05) is 6.42 Å². The van der Waals surface area contributed by atoms with Gasteiger partial charge in [-0.2, -0.15) is 5.26 Å². The Hall–Kier alpha value is -1.91. The van der Waals surface area contributed by atoms with Gasteiger partial charge in [-0.25, -0.2) is 8.42 Å². The number of carbonyl (C=O) groups is 1. The second kappa shape index (κ2) is 5.43. The highest BCUT2D eigenvalue weighted by Crippen LogP contribution is 2.09. The first-order valence-electron chi connectivity index (χ1n) is 4.80.